The van der Waals surface area contributed by atoms with Gasteiger partial charge >= 0.3 is 6.03 Å². The van der Waals surface area contributed by atoms with Crippen LogP contribution in [0.1, 0.15) is 11.1 Å². The van der Waals surface area contributed by atoms with Crippen molar-refractivity contribution in [2.75, 3.05) is 0 Å². The minimum Gasteiger partial charge on any atom is -0.325 e. The van der Waals surface area contributed by atoms with Crippen LogP contribution < -0.4 is 5.32 Å². The Bertz CT molecular complexity index is 640. The maximum Gasteiger partial charge on any atom is 0.325 e. The number of benzene rings is 2. The molecule has 1 fully saturated rings. The van der Waals surface area contributed by atoms with E-state index in [-0.39, 0.29) is 11.9 Å². The highest BCUT2D eigenvalue weighted by Gasteiger charge is 2.37. The van der Waals surface area contributed by atoms with Crippen molar-refractivity contribution in [3.8, 4) is 0 Å². The zero-order chi connectivity index (χ0) is 14.7. The van der Waals surface area contributed by atoms with Gasteiger partial charge in [-0.25, -0.2) is 4.79 Å². The highest BCUT2D eigenvalue weighted by atomic mass is 16.2. The zero-order valence-electron chi connectivity index (χ0n) is 11.5. The molecule has 1 atom stereocenters. The van der Waals surface area contributed by atoms with Gasteiger partial charge in [0.15, 0.2) is 0 Å². The molecular weight excluding hydrogens is 264 g/mol. The first kappa shape index (κ1) is 13.4. The molecule has 0 bridgehead atoms. The molecule has 2 aromatic rings. The smallest absolute Gasteiger partial charge is 0.325 e. The lowest BCUT2D eigenvalue weighted by Gasteiger charge is -2.13. The first-order valence-electron chi connectivity index (χ1n) is 6.94. The van der Waals surface area contributed by atoms with Gasteiger partial charge in [-0.1, -0.05) is 60.7 Å². The lowest BCUT2D eigenvalue weighted by atomic mass is 10.1. The molecule has 3 rings (SSSR count). The van der Waals surface area contributed by atoms with E-state index in [1.165, 1.54) is 4.90 Å². The average molecular weight is 280 g/mol. The Hall–Kier alpha value is -2.62. The molecule has 0 aliphatic carbocycles. The van der Waals surface area contributed by atoms with Gasteiger partial charge in [-0.3, -0.25) is 9.69 Å². The van der Waals surface area contributed by atoms with Crippen molar-refractivity contribution < 1.29 is 9.59 Å². The summed E-state index contributed by atoms with van der Waals surface area (Å²) in [7, 11) is 0. The van der Waals surface area contributed by atoms with Crippen molar-refractivity contribution in [2.45, 2.75) is 19.0 Å². The van der Waals surface area contributed by atoms with Crippen LogP contribution in [0.5, 0.6) is 0 Å². The average Bonchev–Trinajstić information content (AvgIpc) is 2.77. The molecule has 0 spiro atoms. The first-order chi connectivity index (χ1) is 10.2. The van der Waals surface area contributed by atoms with Crippen molar-refractivity contribution in [3.63, 3.8) is 0 Å². The molecule has 0 radical (unpaired) electrons. The monoisotopic (exact) mass is 280 g/mol. The summed E-state index contributed by atoms with van der Waals surface area (Å²) in [4.78, 5) is 25.6. The molecule has 1 saturated heterocycles. The minimum atomic E-state index is -0.469. The summed E-state index contributed by atoms with van der Waals surface area (Å²) in [6.45, 7) is 0.316. The molecule has 1 heterocycles. The van der Waals surface area contributed by atoms with Gasteiger partial charge in [0.1, 0.15) is 6.04 Å². The fourth-order valence-corrected chi connectivity index (χ4v) is 2.48. The van der Waals surface area contributed by atoms with E-state index < -0.39 is 6.04 Å². The van der Waals surface area contributed by atoms with Crippen LogP contribution in [0.3, 0.4) is 0 Å². The number of carbonyl (C=O) groups is 2. The predicted molar refractivity (Wildman–Crippen MR) is 79.5 cm³/mol. The minimum absolute atomic E-state index is 0.160. The summed E-state index contributed by atoms with van der Waals surface area (Å²) in [6.07, 6.45) is 0.525. The van der Waals surface area contributed by atoms with Gasteiger partial charge in [0.25, 0.3) is 5.91 Å². The molecule has 106 valence electrons. The van der Waals surface area contributed by atoms with Crippen LogP contribution in [0, 0.1) is 0 Å². The highest BCUT2D eigenvalue weighted by molar-refractivity contribution is 6.04. The fourth-order valence-electron chi connectivity index (χ4n) is 2.48. The van der Waals surface area contributed by atoms with Gasteiger partial charge in [0.2, 0.25) is 0 Å². The van der Waals surface area contributed by atoms with Crippen LogP contribution in [0.25, 0.3) is 0 Å². The van der Waals surface area contributed by atoms with E-state index in [2.05, 4.69) is 5.32 Å². The van der Waals surface area contributed by atoms with Crippen LogP contribution in [-0.4, -0.2) is 22.9 Å². The third-order valence-electron chi connectivity index (χ3n) is 3.57. The quantitative estimate of drug-likeness (QED) is 0.874. The predicted octanol–water partition coefficient (Wildman–Crippen LogP) is 2.35. The maximum absolute atomic E-state index is 12.4. The lowest BCUT2D eigenvalue weighted by molar-refractivity contribution is -0.127. The Morgan fingerprint density at radius 2 is 1.43 bits per heavy atom. The number of nitrogens with zero attached hydrogens (tertiary/aromatic N) is 1. The van der Waals surface area contributed by atoms with Crippen molar-refractivity contribution in [2.24, 2.45) is 0 Å². The standard InChI is InChI=1S/C17H16N2O2/c20-16-15(11-13-7-3-1-4-8-13)18-17(21)19(16)12-14-9-5-2-6-10-14/h1-10,15H,11-12H2,(H,18,21)/t15-/m1/s1. The molecule has 1 aliphatic rings. The van der Waals surface area contributed by atoms with E-state index in [0.29, 0.717) is 13.0 Å². The number of hydrogen-bond donors (Lipinski definition) is 1. The second-order valence-electron chi connectivity index (χ2n) is 5.10. The molecule has 1 aliphatic heterocycles. The molecule has 2 aromatic carbocycles. The summed E-state index contributed by atoms with van der Waals surface area (Å²) in [5.74, 6) is -0.160. The van der Waals surface area contributed by atoms with Crippen LogP contribution in [0.15, 0.2) is 60.7 Å². The Labute approximate surface area is 123 Å². The van der Waals surface area contributed by atoms with Crippen molar-refractivity contribution in [1.82, 2.24) is 10.2 Å². The molecule has 3 amide bonds. The molecule has 4 nitrogen and oxygen atoms in total. The highest BCUT2D eigenvalue weighted by Crippen LogP contribution is 2.15. The van der Waals surface area contributed by atoms with Crippen LogP contribution in [0.2, 0.25) is 0 Å². The van der Waals surface area contributed by atoms with Crippen LogP contribution in [0.4, 0.5) is 4.79 Å². The number of rotatable bonds is 4. The van der Waals surface area contributed by atoms with Gasteiger partial charge < -0.3 is 5.32 Å². The van der Waals surface area contributed by atoms with Crippen molar-refractivity contribution in [3.05, 3.63) is 71.8 Å². The SMILES string of the molecule is O=C1N[C@H](Cc2ccccc2)C(=O)N1Cc1ccccc1. The van der Waals surface area contributed by atoms with Crippen LogP contribution >= 0.6 is 0 Å². The van der Waals surface area contributed by atoms with E-state index in [1.54, 1.807) is 0 Å². The second kappa shape index (κ2) is 5.79. The molecule has 1 N–H and O–H groups in total. The molecule has 0 saturated carbocycles. The third kappa shape index (κ3) is 2.94. The largest absolute Gasteiger partial charge is 0.325 e. The Morgan fingerprint density at radius 1 is 0.857 bits per heavy atom. The van der Waals surface area contributed by atoms with Gasteiger partial charge in [0, 0.05) is 6.42 Å². The van der Waals surface area contributed by atoms with E-state index in [9.17, 15) is 9.59 Å². The number of urea groups is 1. The number of nitrogens with one attached hydrogen (secondary N) is 1. The second-order valence-corrected chi connectivity index (χ2v) is 5.10. The van der Waals surface area contributed by atoms with Crippen LogP contribution in [-0.2, 0) is 17.8 Å². The van der Waals surface area contributed by atoms with E-state index >= 15 is 0 Å². The summed E-state index contributed by atoms with van der Waals surface area (Å²) in [6, 6.07) is 18.4. The van der Waals surface area contributed by atoms with Gasteiger partial charge in [0.05, 0.1) is 6.54 Å². The Balaban J connectivity index is 1.70. The van der Waals surface area contributed by atoms with E-state index in [1.807, 2.05) is 60.7 Å². The first-order valence-corrected chi connectivity index (χ1v) is 6.94. The number of imide groups is 1. The third-order valence-corrected chi connectivity index (χ3v) is 3.57. The molecule has 0 aromatic heterocycles. The summed E-state index contributed by atoms with van der Waals surface area (Å²) >= 11 is 0. The number of amides is 3. The molecule has 0 unspecified atom stereocenters. The Kier molecular flexibility index (Phi) is 3.69. The molecule has 4 heteroatoms. The fraction of sp³-hybridized carbons (Fsp3) is 0.176. The molecular formula is C17H16N2O2. The van der Waals surface area contributed by atoms with Gasteiger partial charge in [-0.2, -0.15) is 0 Å². The van der Waals surface area contributed by atoms with E-state index in [0.717, 1.165) is 11.1 Å². The molecule has 21 heavy (non-hydrogen) atoms. The summed E-state index contributed by atoms with van der Waals surface area (Å²) in [5.41, 5.74) is 1.99. The number of hydrogen-bond acceptors (Lipinski definition) is 2. The van der Waals surface area contributed by atoms with Crippen molar-refractivity contribution >= 4 is 11.9 Å². The number of carbonyl (C=O) groups excluding carboxylic acids is 2. The zero-order valence-corrected chi connectivity index (χ0v) is 11.5. The maximum atomic E-state index is 12.4. The Morgan fingerprint density at radius 3 is 2.05 bits per heavy atom. The van der Waals surface area contributed by atoms with Gasteiger partial charge in [-0.15, -0.1) is 0 Å². The summed E-state index contributed by atoms with van der Waals surface area (Å²) < 4.78 is 0. The topological polar surface area (TPSA) is 49.4 Å². The van der Waals surface area contributed by atoms with Crippen molar-refractivity contribution in [1.29, 1.82) is 0 Å². The lowest BCUT2D eigenvalue weighted by Crippen LogP contribution is -2.32. The van der Waals surface area contributed by atoms with Gasteiger partial charge in [-0.05, 0) is 11.1 Å². The summed E-state index contributed by atoms with van der Waals surface area (Å²) in [5, 5.41) is 2.76. The van der Waals surface area contributed by atoms with E-state index in [4.69, 9.17) is 0 Å². The normalized spacial score (nSPS) is 17.9.